The summed E-state index contributed by atoms with van der Waals surface area (Å²) >= 11 is 0. The fraction of sp³-hybridized carbons (Fsp3) is 0.900. The summed E-state index contributed by atoms with van der Waals surface area (Å²) in [4.78, 5) is 11.4. The van der Waals surface area contributed by atoms with Crippen molar-refractivity contribution < 1.29 is 4.79 Å². The predicted octanol–water partition coefficient (Wildman–Crippen LogP) is 2.40. The van der Waals surface area contributed by atoms with Crippen molar-refractivity contribution in [1.29, 1.82) is 0 Å². The maximum absolute atomic E-state index is 11.4. The van der Waals surface area contributed by atoms with Crippen molar-refractivity contribution >= 4 is 5.78 Å². The van der Waals surface area contributed by atoms with Crippen molar-refractivity contribution in [2.24, 2.45) is 16.7 Å². The third kappa shape index (κ3) is 0.800. The van der Waals surface area contributed by atoms with E-state index in [4.69, 9.17) is 0 Å². The van der Waals surface area contributed by atoms with Crippen LogP contribution in [-0.4, -0.2) is 5.78 Å². The number of fused-ring (bicyclic) bond motifs is 2. The second-order valence-corrected chi connectivity index (χ2v) is 5.25. The van der Waals surface area contributed by atoms with E-state index in [2.05, 4.69) is 20.8 Å². The molecule has 0 N–H and O–H groups in total. The van der Waals surface area contributed by atoms with Crippen LogP contribution in [0, 0.1) is 16.7 Å². The third-order valence-corrected chi connectivity index (χ3v) is 3.75. The van der Waals surface area contributed by atoms with Crippen LogP contribution >= 0.6 is 0 Å². The summed E-state index contributed by atoms with van der Waals surface area (Å²) in [6, 6.07) is 0. The van der Waals surface area contributed by atoms with Crippen LogP contribution in [-0.2, 0) is 4.79 Å². The van der Waals surface area contributed by atoms with Crippen molar-refractivity contribution in [2.75, 3.05) is 0 Å². The van der Waals surface area contributed by atoms with Crippen molar-refractivity contribution in [3.8, 4) is 0 Å². The van der Waals surface area contributed by atoms with E-state index in [-0.39, 0.29) is 5.41 Å². The average molecular weight is 152 g/mol. The Hall–Kier alpha value is -0.330. The van der Waals surface area contributed by atoms with Gasteiger partial charge in [0.25, 0.3) is 0 Å². The maximum Gasteiger partial charge on any atom is 0.139 e. The van der Waals surface area contributed by atoms with Crippen LogP contribution < -0.4 is 0 Å². The lowest BCUT2D eigenvalue weighted by Gasteiger charge is -2.31. The number of hydrogen-bond donors (Lipinski definition) is 0. The number of ketones is 1. The summed E-state index contributed by atoms with van der Waals surface area (Å²) in [6.07, 6.45) is 3.12. The smallest absolute Gasteiger partial charge is 0.139 e. The molecule has 2 fully saturated rings. The molecule has 0 spiro atoms. The topological polar surface area (TPSA) is 17.1 Å². The minimum absolute atomic E-state index is 0.0637. The third-order valence-electron chi connectivity index (χ3n) is 3.75. The number of carbonyl (C=O) groups excluding carboxylic acids is 1. The Labute approximate surface area is 68.2 Å². The van der Waals surface area contributed by atoms with Crippen molar-refractivity contribution in [3.05, 3.63) is 0 Å². The highest BCUT2D eigenvalue weighted by atomic mass is 16.1. The molecule has 0 unspecified atom stereocenters. The number of carbonyl (C=O) groups is 1. The summed E-state index contributed by atoms with van der Waals surface area (Å²) in [7, 11) is 0. The Kier molecular flexibility index (Phi) is 1.13. The molecule has 1 nitrogen and oxygen atoms in total. The van der Waals surface area contributed by atoms with E-state index in [9.17, 15) is 4.79 Å². The van der Waals surface area contributed by atoms with Crippen LogP contribution in [0.5, 0.6) is 0 Å². The number of Topliss-reactive ketones (excluding diaryl/α,β-unsaturated/α-hetero) is 1. The fourth-order valence-electron chi connectivity index (χ4n) is 3.07. The zero-order valence-electron chi connectivity index (χ0n) is 7.61. The summed E-state index contributed by atoms with van der Waals surface area (Å²) in [5.74, 6) is 1.20. The van der Waals surface area contributed by atoms with Crippen molar-refractivity contribution in [1.82, 2.24) is 0 Å². The van der Waals surface area contributed by atoms with Gasteiger partial charge >= 0.3 is 0 Å². The largest absolute Gasteiger partial charge is 0.299 e. The van der Waals surface area contributed by atoms with E-state index in [1.165, 1.54) is 0 Å². The lowest BCUT2D eigenvalue weighted by molar-refractivity contribution is -0.128. The van der Waals surface area contributed by atoms with Crippen LogP contribution in [0.15, 0.2) is 0 Å². The normalized spacial score (nSPS) is 46.8. The molecule has 0 aliphatic heterocycles. The lowest BCUT2D eigenvalue weighted by Crippen LogP contribution is -2.29. The van der Waals surface area contributed by atoms with Gasteiger partial charge in [0.2, 0.25) is 0 Å². The molecule has 0 saturated heterocycles. The molecule has 0 aromatic heterocycles. The quantitative estimate of drug-likeness (QED) is 0.521. The molecule has 0 aromatic rings. The second kappa shape index (κ2) is 1.70. The van der Waals surface area contributed by atoms with Gasteiger partial charge in [0.05, 0.1) is 0 Å². The van der Waals surface area contributed by atoms with Gasteiger partial charge in [-0.1, -0.05) is 20.8 Å². The molecule has 2 bridgehead atoms. The Morgan fingerprint density at radius 3 is 2.27 bits per heavy atom. The Balaban J connectivity index is 2.34. The number of hydrogen-bond acceptors (Lipinski definition) is 1. The molecule has 2 rings (SSSR count). The van der Waals surface area contributed by atoms with Gasteiger partial charge in [-0.25, -0.2) is 0 Å². The average Bonchev–Trinajstić information content (AvgIpc) is 2.16. The first-order valence-corrected chi connectivity index (χ1v) is 4.47. The molecule has 11 heavy (non-hydrogen) atoms. The summed E-state index contributed by atoms with van der Waals surface area (Å²) in [5.41, 5.74) is 0.497. The van der Waals surface area contributed by atoms with E-state index in [0.29, 0.717) is 17.1 Å². The van der Waals surface area contributed by atoms with E-state index in [1.54, 1.807) is 0 Å². The van der Waals surface area contributed by atoms with Crippen molar-refractivity contribution in [2.45, 2.75) is 40.0 Å². The lowest BCUT2D eigenvalue weighted by atomic mass is 9.72. The first-order valence-electron chi connectivity index (χ1n) is 4.47. The Morgan fingerprint density at radius 2 is 2.00 bits per heavy atom. The molecule has 1 heteroatoms. The fourth-order valence-corrected chi connectivity index (χ4v) is 3.07. The first kappa shape index (κ1) is 7.33. The highest BCUT2D eigenvalue weighted by molar-refractivity contribution is 5.88. The van der Waals surface area contributed by atoms with Gasteiger partial charge in [0, 0.05) is 11.8 Å². The highest BCUT2D eigenvalue weighted by Gasteiger charge is 2.56. The maximum atomic E-state index is 11.4. The summed E-state index contributed by atoms with van der Waals surface area (Å²) < 4.78 is 0. The molecule has 2 aliphatic carbocycles. The molecule has 2 atom stereocenters. The van der Waals surface area contributed by atoms with Gasteiger partial charge in [-0.2, -0.15) is 0 Å². The molecule has 0 heterocycles. The van der Waals surface area contributed by atoms with E-state index in [1.807, 2.05) is 0 Å². The molecule has 0 amide bonds. The molecule has 2 saturated carbocycles. The van der Waals surface area contributed by atoms with Gasteiger partial charge in [-0.15, -0.1) is 0 Å². The van der Waals surface area contributed by atoms with Crippen LogP contribution in [0.3, 0.4) is 0 Å². The standard InChI is InChI=1S/C10H16O/c1-9(2)6-10(3)5-7(9)4-8(10)11/h7H,4-6H2,1-3H3/t7-,10+/m0/s1. The summed E-state index contributed by atoms with van der Waals surface area (Å²) in [6.45, 7) is 6.74. The molecule has 62 valence electrons. The van der Waals surface area contributed by atoms with Gasteiger partial charge in [-0.05, 0) is 24.2 Å². The number of rotatable bonds is 0. The molecule has 2 aliphatic rings. The first-order chi connectivity index (χ1) is 4.94. The van der Waals surface area contributed by atoms with Crippen LogP contribution in [0.25, 0.3) is 0 Å². The minimum atomic E-state index is 0.0637. The minimum Gasteiger partial charge on any atom is -0.299 e. The second-order valence-electron chi connectivity index (χ2n) is 5.25. The molecule has 0 radical (unpaired) electrons. The van der Waals surface area contributed by atoms with E-state index >= 15 is 0 Å². The van der Waals surface area contributed by atoms with Crippen LogP contribution in [0.4, 0.5) is 0 Å². The predicted molar refractivity (Wildman–Crippen MR) is 44.2 cm³/mol. The van der Waals surface area contributed by atoms with Crippen LogP contribution in [0.2, 0.25) is 0 Å². The molecule has 0 aromatic carbocycles. The van der Waals surface area contributed by atoms with E-state index < -0.39 is 0 Å². The van der Waals surface area contributed by atoms with Gasteiger partial charge < -0.3 is 0 Å². The zero-order valence-corrected chi connectivity index (χ0v) is 7.61. The zero-order chi connectivity index (χ0) is 8.28. The van der Waals surface area contributed by atoms with Crippen LogP contribution in [0.1, 0.15) is 40.0 Å². The van der Waals surface area contributed by atoms with Gasteiger partial charge in [0.1, 0.15) is 5.78 Å². The SMILES string of the molecule is CC1(C)C[C@@]2(C)C[C@@H]1CC2=O. The monoisotopic (exact) mass is 152 g/mol. The molecular formula is C10H16O. The highest BCUT2D eigenvalue weighted by Crippen LogP contribution is 2.60. The Morgan fingerprint density at radius 1 is 1.36 bits per heavy atom. The van der Waals surface area contributed by atoms with E-state index in [0.717, 1.165) is 19.3 Å². The van der Waals surface area contributed by atoms with Gasteiger partial charge in [0.15, 0.2) is 0 Å². The van der Waals surface area contributed by atoms with Crippen molar-refractivity contribution in [3.63, 3.8) is 0 Å². The molecular weight excluding hydrogens is 136 g/mol. The van der Waals surface area contributed by atoms with Gasteiger partial charge in [-0.3, -0.25) is 4.79 Å². The Bertz CT molecular complexity index is 217. The summed E-state index contributed by atoms with van der Waals surface area (Å²) in [5, 5.41) is 0.